The van der Waals surface area contributed by atoms with Crippen LogP contribution in [0.3, 0.4) is 0 Å². The van der Waals surface area contributed by atoms with Crippen molar-refractivity contribution in [2.45, 2.75) is 45.1 Å². The van der Waals surface area contributed by atoms with Crippen molar-refractivity contribution < 1.29 is 9.59 Å². The normalized spacial score (nSPS) is 22.7. The second kappa shape index (κ2) is 8.19. The number of carbonyl (C=O) groups excluding carboxylic acids is 2. The zero-order valence-corrected chi connectivity index (χ0v) is 18.5. The van der Waals surface area contributed by atoms with Gasteiger partial charge in [0, 0.05) is 36.0 Å². The first-order valence-corrected chi connectivity index (χ1v) is 11.5. The van der Waals surface area contributed by atoms with E-state index in [2.05, 4.69) is 15.7 Å². The molecule has 0 unspecified atom stereocenters. The third kappa shape index (κ3) is 4.15. The SMILES string of the molecule is Cn1ncc2c1Nc1cc(Cl)ccc1N(C(=O)C1CCC(CNC(=O)C3CC3)CC1)C2. The monoisotopic (exact) mass is 441 g/mol. The van der Waals surface area contributed by atoms with Crippen LogP contribution in [0.15, 0.2) is 24.4 Å². The van der Waals surface area contributed by atoms with E-state index in [0.717, 1.165) is 67.8 Å². The highest BCUT2D eigenvalue weighted by Gasteiger charge is 2.34. The lowest BCUT2D eigenvalue weighted by Crippen LogP contribution is -2.39. The zero-order chi connectivity index (χ0) is 21.5. The molecule has 0 bridgehead atoms. The van der Waals surface area contributed by atoms with Crippen molar-refractivity contribution in [3.05, 3.63) is 35.0 Å². The summed E-state index contributed by atoms with van der Waals surface area (Å²) in [7, 11) is 1.89. The van der Waals surface area contributed by atoms with Crippen LogP contribution in [0, 0.1) is 17.8 Å². The molecule has 31 heavy (non-hydrogen) atoms. The van der Waals surface area contributed by atoms with Gasteiger partial charge in [0.15, 0.2) is 0 Å². The highest BCUT2D eigenvalue weighted by molar-refractivity contribution is 6.31. The van der Waals surface area contributed by atoms with Crippen LogP contribution in [0.5, 0.6) is 0 Å². The summed E-state index contributed by atoms with van der Waals surface area (Å²) in [5, 5.41) is 11.5. The van der Waals surface area contributed by atoms with Crippen molar-refractivity contribution in [2.75, 3.05) is 16.8 Å². The molecule has 2 N–H and O–H groups in total. The first-order valence-electron chi connectivity index (χ1n) is 11.2. The third-order valence-corrected chi connectivity index (χ3v) is 7.06. The molecule has 0 radical (unpaired) electrons. The number of fused-ring (bicyclic) bond motifs is 2. The predicted molar refractivity (Wildman–Crippen MR) is 120 cm³/mol. The number of amides is 2. The highest BCUT2D eigenvalue weighted by Crippen LogP contribution is 2.39. The Labute approximate surface area is 187 Å². The summed E-state index contributed by atoms with van der Waals surface area (Å²) in [4.78, 5) is 27.4. The van der Waals surface area contributed by atoms with Crippen LogP contribution in [0.1, 0.15) is 44.1 Å². The molecule has 3 aliphatic rings. The van der Waals surface area contributed by atoms with E-state index < -0.39 is 0 Å². The van der Waals surface area contributed by atoms with Gasteiger partial charge in [0.2, 0.25) is 11.8 Å². The number of benzene rings is 1. The van der Waals surface area contributed by atoms with Crippen molar-refractivity contribution in [3.8, 4) is 0 Å². The fraction of sp³-hybridized carbons (Fsp3) is 0.522. The Balaban J connectivity index is 1.29. The van der Waals surface area contributed by atoms with Gasteiger partial charge in [0.25, 0.3) is 0 Å². The van der Waals surface area contributed by atoms with Gasteiger partial charge >= 0.3 is 0 Å². The van der Waals surface area contributed by atoms with Crippen molar-refractivity contribution >= 4 is 40.6 Å². The van der Waals surface area contributed by atoms with Crippen LogP contribution >= 0.6 is 11.6 Å². The van der Waals surface area contributed by atoms with Crippen LogP contribution in [0.2, 0.25) is 5.02 Å². The lowest BCUT2D eigenvalue weighted by Gasteiger charge is -2.32. The number of hydrogen-bond acceptors (Lipinski definition) is 4. The van der Waals surface area contributed by atoms with Gasteiger partial charge in [-0.3, -0.25) is 14.3 Å². The van der Waals surface area contributed by atoms with Gasteiger partial charge in [0.05, 0.1) is 24.1 Å². The van der Waals surface area contributed by atoms with E-state index in [1.807, 2.05) is 36.3 Å². The Bertz CT molecular complexity index is 1010. The molecular formula is C23H28ClN5O2. The maximum Gasteiger partial charge on any atom is 0.230 e. The van der Waals surface area contributed by atoms with Gasteiger partial charge in [0.1, 0.15) is 5.82 Å². The zero-order valence-electron chi connectivity index (χ0n) is 17.7. The first-order chi connectivity index (χ1) is 15.0. The second-order valence-corrected chi connectivity index (χ2v) is 9.53. The van der Waals surface area contributed by atoms with Crippen molar-refractivity contribution in [1.29, 1.82) is 0 Å². The van der Waals surface area contributed by atoms with Gasteiger partial charge < -0.3 is 15.5 Å². The molecule has 164 valence electrons. The second-order valence-electron chi connectivity index (χ2n) is 9.09. The Morgan fingerprint density at radius 2 is 1.90 bits per heavy atom. The Hall–Kier alpha value is -2.54. The van der Waals surface area contributed by atoms with E-state index in [-0.39, 0.29) is 23.7 Å². The molecule has 0 atom stereocenters. The highest BCUT2D eigenvalue weighted by atomic mass is 35.5. The fourth-order valence-electron chi connectivity index (χ4n) is 4.75. The number of aryl methyl sites for hydroxylation is 1. The van der Waals surface area contributed by atoms with Crippen LogP contribution in [0.25, 0.3) is 0 Å². The quantitative estimate of drug-likeness (QED) is 0.751. The van der Waals surface area contributed by atoms with Gasteiger partial charge in [-0.25, -0.2) is 0 Å². The summed E-state index contributed by atoms with van der Waals surface area (Å²) in [5.74, 6) is 1.96. The minimum absolute atomic E-state index is 0.00265. The van der Waals surface area contributed by atoms with E-state index in [0.29, 0.717) is 17.5 Å². The van der Waals surface area contributed by atoms with Gasteiger partial charge in [-0.2, -0.15) is 5.10 Å². The molecule has 2 heterocycles. The topological polar surface area (TPSA) is 79.3 Å². The summed E-state index contributed by atoms with van der Waals surface area (Å²) in [6.45, 7) is 1.23. The van der Waals surface area contributed by atoms with Crippen LogP contribution in [-0.2, 0) is 23.2 Å². The van der Waals surface area contributed by atoms with Crippen LogP contribution in [-0.4, -0.2) is 28.1 Å². The molecule has 2 amide bonds. The predicted octanol–water partition coefficient (Wildman–Crippen LogP) is 4.00. The minimum Gasteiger partial charge on any atom is -0.356 e. The van der Waals surface area contributed by atoms with Gasteiger partial charge in [-0.05, 0) is 62.6 Å². The molecule has 0 saturated heterocycles. The Kier molecular flexibility index (Phi) is 5.38. The summed E-state index contributed by atoms with van der Waals surface area (Å²) in [5.41, 5.74) is 2.66. The molecule has 2 aromatic rings. The first kappa shape index (κ1) is 20.4. The molecule has 1 aliphatic heterocycles. The maximum atomic E-state index is 13.6. The number of nitrogens with zero attached hydrogens (tertiary/aromatic N) is 3. The Morgan fingerprint density at radius 1 is 1.16 bits per heavy atom. The van der Waals surface area contributed by atoms with Gasteiger partial charge in [-0.15, -0.1) is 0 Å². The number of nitrogens with one attached hydrogen (secondary N) is 2. The smallest absolute Gasteiger partial charge is 0.230 e. The molecule has 2 saturated carbocycles. The molecule has 0 spiro atoms. The van der Waals surface area contributed by atoms with Crippen molar-refractivity contribution in [3.63, 3.8) is 0 Å². The van der Waals surface area contributed by atoms with Crippen LogP contribution in [0.4, 0.5) is 17.2 Å². The Morgan fingerprint density at radius 3 is 2.65 bits per heavy atom. The molecule has 2 fully saturated rings. The molecule has 8 heteroatoms. The van der Waals surface area contributed by atoms with Gasteiger partial charge in [-0.1, -0.05) is 11.6 Å². The van der Waals surface area contributed by atoms with E-state index in [1.165, 1.54) is 0 Å². The molecule has 7 nitrogen and oxygen atoms in total. The summed E-state index contributed by atoms with van der Waals surface area (Å²) < 4.78 is 1.79. The van der Waals surface area contributed by atoms with Crippen molar-refractivity contribution in [1.82, 2.24) is 15.1 Å². The molecule has 1 aromatic carbocycles. The number of rotatable bonds is 4. The largest absolute Gasteiger partial charge is 0.356 e. The van der Waals surface area contributed by atoms with E-state index in [4.69, 9.17) is 11.6 Å². The number of hydrogen-bond donors (Lipinski definition) is 2. The average molecular weight is 442 g/mol. The number of aromatic nitrogens is 2. The lowest BCUT2D eigenvalue weighted by atomic mass is 9.81. The van der Waals surface area contributed by atoms with E-state index in [1.54, 1.807) is 4.68 Å². The standard InChI is InChI=1S/C23H28ClN5O2/c1-28-21-17(12-26-28)13-29(20-9-8-18(24)10-19(20)27-21)23(31)16-4-2-14(3-5-16)11-25-22(30)15-6-7-15/h8-10,12,14-16,27H,2-7,11,13H2,1H3,(H,25,30). The van der Waals surface area contributed by atoms with Crippen molar-refractivity contribution in [2.24, 2.45) is 24.8 Å². The molecule has 1 aromatic heterocycles. The summed E-state index contributed by atoms with van der Waals surface area (Å²) >= 11 is 6.24. The summed E-state index contributed by atoms with van der Waals surface area (Å²) in [6.07, 6.45) is 7.53. The molecule has 5 rings (SSSR count). The fourth-order valence-corrected chi connectivity index (χ4v) is 4.92. The maximum absolute atomic E-state index is 13.6. The number of halogens is 1. The summed E-state index contributed by atoms with van der Waals surface area (Å²) in [6, 6.07) is 5.61. The molecular weight excluding hydrogens is 414 g/mol. The average Bonchev–Trinajstić information content (AvgIpc) is 3.58. The molecule has 2 aliphatic carbocycles. The minimum atomic E-state index is -0.00265. The van der Waals surface area contributed by atoms with E-state index in [9.17, 15) is 9.59 Å². The lowest BCUT2D eigenvalue weighted by molar-refractivity contribution is -0.124. The number of anilines is 3. The third-order valence-electron chi connectivity index (χ3n) is 6.82. The number of carbonyl (C=O) groups is 2. The van der Waals surface area contributed by atoms with Crippen LogP contribution < -0.4 is 15.5 Å². The van der Waals surface area contributed by atoms with E-state index >= 15 is 0 Å².